The van der Waals surface area contributed by atoms with Crippen molar-refractivity contribution in [2.24, 2.45) is 5.10 Å². The van der Waals surface area contributed by atoms with Gasteiger partial charge in [-0.05, 0) is 58.0 Å². The Morgan fingerprint density at radius 1 is 1.04 bits per heavy atom. The molecule has 0 aliphatic heterocycles. The van der Waals surface area contributed by atoms with Crippen LogP contribution in [0.2, 0.25) is 0 Å². The van der Waals surface area contributed by atoms with Gasteiger partial charge in [-0.15, -0.1) is 0 Å². The standard InChI is InChI=1S/C18H19FN6/c1-11-9-12(2)22-18(21-11)23-20-10-17-13(3)24-25(14(17)4)16-7-5-15(19)6-8-16/h5-10H,1-4H3,(H,21,22,23)/b20-10-. The number of nitrogens with zero attached hydrogens (tertiary/aromatic N) is 5. The Kier molecular flexibility index (Phi) is 4.56. The maximum absolute atomic E-state index is 13.1. The Morgan fingerprint density at radius 2 is 1.68 bits per heavy atom. The molecule has 25 heavy (non-hydrogen) atoms. The summed E-state index contributed by atoms with van der Waals surface area (Å²) in [6.07, 6.45) is 1.69. The molecule has 128 valence electrons. The topological polar surface area (TPSA) is 68.0 Å². The maximum Gasteiger partial charge on any atom is 0.243 e. The van der Waals surface area contributed by atoms with Gasteiger partial charge in [0.1, 0.15) is 5.82 Å². The highest BCUT2D eigenvalue weighted by Gasteiger charge is 2.11. The van der Waals surface area contributed by atoms with Gasteiger partial charge in [0.25, 0.3) is 0 Å². The van der Waals surface area contributed by atoms with E-state index in [4.69, 9.17) is 0 Å². The second kappa shape index (κ2) is 6.80. The van der Waals surface area contributed by atoms with Crippen LogP contribution in [0.15, 0.2) is 35.4 Å². The van der Waals surface area contributed by atoms with Crippen LogP contribution < -0.4 is 5.43 Å². The predicted molar refractivity (Wildman–Crippen MR) is 95.7 cm³/mol. The molecule has 0 bridgehead atoms. The van der Waals surface area contributed by atoms with Gasteiger partial charge in [-0.2, -0.15) is 10.2 Å². The van der Waals surface area contributed by atoms with E-state index in [1.807, 2.05) is 33.8 Å². The summed E-state index contributed by atoms with van der Waals surface area (Å²) in [5, 5.41) is 8.73. The monoisotopic (exact) mass is 338 g/mol. The number of hydrazone groups is 1. The molecule has 0 unspecified atom stereocenters. The normalized spacial score (nSPS) is 11.2. The number of hydrogen-bond acceptors (Lipinski definition) is 5. The highest BCUT2D eigenvalue weighted by Crippen LogP contribution is 2.17. The number of hydrogen-bond donors (Lipinski definition) is 1. The zero-order valence-electron chi connectivity index (χ0n) is 14.6. The van der Waals surface area contributed by atoms with Crippen molar-refractivity contribution in [2.45, 2.75) is 27.7 Å². The molecule has 2 aromatic heterocycles. The maximum atomic E-state index is 13.1. The average molecular weight is 338 g/mol. The fourth-order valence-electron chi connectivity index (χ4n) is 2.61. The van der Waals surface area contributed by atoms with Gasteiger partial charge in [0.15, 0.2) is 0 Å². The number of anilines is 1. The minimum absolute atomic E-state index is 0.273. The third-order valence-electron chi connectivity index (χ3n) is 3.76. The van der Waals surface area contributed by atoms with Gasteiger partial charge in [0, 0.05) is 17.0 Å². The first-order chi connectivity index (χ1) is 11.9. The first kappa shape index (κ1) is 16.8. The smallest absolute Gasteiger partial charge is 0.243 e. The summed E-state index contributed by atoms with van der Waals surface area (Å²) < 4.78 is 14.9. The lowest BCUT2D eigenvalue weighted by Crippen LogP contribution is -2.01. The van der Waals surface area contributed by atoms with Crippen molar-refractivity contribution in [2.75, 3.05) is 5.43 Å². The van der Waals surface area contributed by atoms with Gasteiger partial charge >= 0.3 is 0 Å². The van der Waals surface area contributed by atoms with Crippen LogP contribution in [0.5, 0.6) is 0 Å². The third kappa shape index (κ3) is 3.71. The van der Waals surface area contributed by atoms with Crippen LogP contribution in [0.3, 0.4) is 0 Å². The van der Waals surface area contributed by atoms with Crippen molar-refractivity contribution in [3.63, 3.8) is 0 Å². The second-order valence-electron chi connectivity index (χ2n) is 5.82. The van der Waals surface area contributed by atoms with Gasteiger partial charge in [0.05, 0.1) is 23.3 Å². The average Bonchev–Trinajstić information content (AvgIpc) is 2.83. The minimum Gasteiger partial charge on any atom is -0.245 e. The van der Waals surface area contributed by atoms with Crippen molar-refractivity contribution in [3.8, 4) is 5.69 Å². The van der Waals surface area contributed by atoms with E-state index in [-0.39, 0.29) is 5.82 Å². The fraction of sp³-hybridized carbons (Fsp3) is 0.222. The molecule has 2 heterocycles. The van der Waals surface area contributed by atoms with E-state index in [0.717, 1.165) is 34.0 Å². The molecule has 0 atom stereocenters. The molecule has 7 heteroatoms. The quantitative estimate of drug-likeness (QED) is 0.584. The largest absolute Gasteiger partial charge is 0.245 e. The van der Waals surface area contributed by atoms with Gasteiger partial charge in [0.2, 0.25) is 5.95 Å². The number of benzene rings is 1. The highest BCUT2D eigenvalue weighted by molar-refractivity contribution is 5.83. The number of nitrogens with one attached hydrogen (secondary N) is 1. The predicted octanol–water partition coefficient (Wildman–Crippen LogP) is 3.48. The Balaban J connectivity index is 1.84. The van der Waals surface area contributed by atoms with E-state index in [1.165, 1.54) is 12.1 Å². The van der Waals surface area contributed by atoms with Crippen molar-refractivity contribution in [1.29, 1.82) is 0 Å². The molecule has 3 aromatic rings. The van der Waals surface area contributed by atoms with Crippen molar-refractivity contribution < 1.29 is 4.39 Å². The van der Waals surface area contributed by atoms with Gasteiger partial charge in [-0.3, -0.25) is 0 Å². The lowest BCUT2D eigenvalue weighted by Gasteiger charge is -2.04. The molecule has 6 nitrogen and oxygen atoms in total. The lowest BCUT2D eigenvalue weighted by atomic mass is 10.2. The van der Waals surface area contributed by atoms with E-state index in [1.54, 1.807) is 23.0 Å². The molecule has 3 rings (SSSR count). The number of rotatable bonds is 4. The molecule has 1 aromatic carbocycles. The molecular formula is C18H19FN6. The fourth-order valence-corrected chi connectivity index (χ4v) is 2.61. The summed E-state index contributed by atoms with van der Waals surface area (Å²) in [5.74, 6) is 0.180. The summed E-state index contributed by atoms with van der Waals surface area (Å²) >= 11 is 0. The van der Waals surface area contributed by atoms with E-state index in [9.17, 15) is 4.39 Å². The van der Waals surface area contributed by atoms with E-state index in [0.29, 0.717) is 5.95 Å². The van der Waals surface area contributed by atoms with Crippen LogP contribution in [-0.2, 0) is 0 Å². The zero-order chi connectivity index (χ0) is 18.0. The molecule has 0 saturated carbocycles. The van der Waals surface area contributed by atoms with E-state index >= 15 is 0 Å². The summed E-state index contributed by atoms with van der Waals surface area (Å²) in [7, 11) is 0. The number of halogens is 1. The van der Waals surface area contributed by atoms with Crippen LogP contribution in [0.4, 0.5) is 10.3 Å². The highest BCUT2D eigenvalue weighted by atomic mass is 19.1. The Bertz CT molecular complexity index is 907. The molecule has 0 saturated heterocycles. The van der Waals surface area contributed by atoms with Crippen LogP contribution in [0.1, 0.15) is 28.3 Å². The SMILES string of the molecule is Cc1cc(C)nc(N/N=C\c2c(C)nn(-c3ccc(F)cc3)c2C)n1. The van der Waals surface area contributed by atoms with Crippen LogP contribution >= 0.6 is 0 Å². The molecule has 0 spiro atoms. The third-order valence-corrected chi connectivity index (χ3v) is 3.76. The first-order valence-electron chi connectivity index (χ1n) is 7.87. The number of aromatic nitrogens is 4. The van der Waals surface area contributed by atoms with Crippen molar-refractivity contribution >= 4 is 12.2 Å². The summed E-state index contributed by atoms with van der Waals surface area (Å²) in [4.78, 5) is 8.56. The molecule has 0 fully saturated rings. The van der Waals surface area contributed by atoms with Crippen LogP contribution in [-0.4, -0.2) is 26.0 Å². The van der Waals surface area contributed by atoms with E-state index in [2.05, 4.69) is 25.6 Å². The minimum atomic E-state index is -0.273. The molecule has 0 amide bonds. The molecule has 0 aliphatic rings. The first-order valence-corrected chi connectivity index (χ1v) is 7.87. The van der Waals surface area contributed by atoms with Gasteiger partial charge < -0.3 is 0 Å². The molecule has 1 N–H and O–H groups in total. The molecule has 0 aliphatic carbocycles. The molecule has 0 radical (unpaired) electrons. The summed E-state index contributed by atoms with van der Waals surface area (Å²) in [5.41, 5.74) is 8.03. The zero-order valence-corrected chi connectivity index (χ0v) is 14.6. The van der Waals surface area contributed by atoms with Crippen LogP contribution in [0, 0.1) is 33.5 Å². The second-order valence-corrected chi connectivity index (χ2v) is 5.82. The Hall–Kier alpha value is -3.09. The lowest BCUT2D eigenvalue weighted by molar-refractivity contribution is 0.627. The summed E-state index contributed by atoms with van der Waals surface area (Å²) in [6, 6.07) is 8.11. The van der Waals surface area contributed by atoms with Gasteiger partial charge in [-0.25, -0.2) is 24.5 Å². The Labute approximate surface area is 145 Å². The van der Waals surface area contributed by atoms with E-state index < -0.39 is 0 Å². The van der Waals surface area contributed by atoms with Crippen LogP contribution in [0.25, 0.3) is 5.69 Å². The van der Waals surface area contributed by atoms with Crippen molar-refractivity contribution in [3.05, 3.63) is 64.5 Å². The van der Waals surface area contributed by atoms with Crippen molar-refractivity contribution in [1.82, 2.24) is 19.7 Å². The Morgan fingerprint density at radius 3 is 2.32 bits per heavy atom. The summed E-state index contributed by atoms with van der Waals surface area (Å²) in [6.45, 7) is 7.66. The number of aryl methyl sites for hydroxylation is 3. The van der Waals surface area contributed by atoms with Gasteiger partial charge in [-0.1, -0.05) is 0 Å². The molecular weight excluding hydrogens is 319 g/mol.